The molecule has 2 unspecified atom stereocenters. The van der Waals surface area contributed by atoms with Gasteiger partial charge in [0.25, 0.3) is 0 Å². The second kappa shape index (κ2) is 6.46. The third-order valence-corrected chi connectivity index (χ3v) is 4.95. The number of piperazine rings is 1. The SMILES string of the molecule is CCC1CNC(C(C)C)CN1Cc1c(Cl)c(C)nn1C. The predicted octanol–water partition coefficient (Wildman–Crippen LogP) is 2.59. The van der Waals surface area contributed by atoms with Gasteiger partial charge in [-0.3, -0.25) is 9.58 Å². The highest BCUT2D eigenvalue weighted by atomic mass is 35.5. The van der Waals surface area contributed by atoms with Crippen LogP contribution >= 0.6 is 11.6 Å². The molecular formula is C15H27ClN4. The van der Waals surface area contributed by atoms with Crippen molar-refractivity contribution >= 4 is 11.6 Å². The summed E-state index contributed by atoms with van der Waals surface area (Å²) in [6, 6.07) is 1.14. The molecule has 1 N–H and O–H groups in total. The normalized spacial score (nSPS) is 24.6. The Kier molecular flexibility index (Phi) is 5.10. The Morgan fingerprint density at radius 2 is 2.15 bits per heavy atom. The van der Waals surface area contributed by atoms with E-state index in [0.29, 0.717) is 18.0 Å². The lowest BCUT2D eigenvalue weighted by Crippen LogP contribution is -2.57. The highest BCUT2D eigenvalue weighted by Crippen LogP contribution is 2.24. The number of aryl methyl sites for hydroxylation is 2. The van der Waals surface area contributed by atoms with Gasteiger partial charge in [0.15, 0.2) is 0 Å². The van der Waals surface area contributed by atoms with Gasteiger partial charge < -0.3 is 5.32 Å². The van der Waals surface area contributed by atoms with Crippen molar-refractivity contribution in [2.45, 2.75) is 52.7 Å². The Labute approximate surface area is 127 Å². The molecule has 0 aromatic carbocycles. The van der Waals surface area contributed by atoms with E-state index in [2.05, 4.69) is 36.1 Å². The summed E-state index contributed by atoms with van der Waals surface area (Å²) in [5.41, 5.74) is 2.06. The maximum atomic E-state index is 6.40. The largest absolute Gasteiger partial charge is 0.311 e. The van der Waals surface area contributed by atoms with Gasteiger partial charge in [-0.1, -0.05) is 32.4 Å². The summed E-state index contributed by atoms with van der Waals surface area (Å²) in [7, 11) is 1.98. The van der Waals surface area contributed by atoms with Crippen molar-refractivity contribution in [2.75, 3.05) is 13.1 Å². The van der Waals surface area contributed by atoms with Gasteiger partial charge >= 0.3 is 0 Å². The number of hydrogen-bond acceptors (Lipinski definition) is 3. The zero-order chi connectivity index (χ0) is 14.9. The average Bonchev–Trinajstić information content (AvgIpc) is 2.65. The first kappa shape index (κ1) is 15.8. The van der Waals surface area contributed by atoms with Crippen LogP contribution in [0.4, 0.5) is 0 Å². The van der Waals surface area contributed by atoms with Crippen molar-refractivity contribution in [3.8, 4) is 0 Å². The van der Waals surface area contributed by atoms with E-state index < -0.39 is 0 Å². The van der Waals surface area contributed by atoms with Gasteiger partial charge in [-0.05, 0) is 19.3 Å². The zero-order valence-electron chi connectivity index (χ0n) is 13.3. The summed E-state index contributed by atoms with van der Waals surface area (Å²) in [6.07, 6.45) is 1.16. The van der Waals surface area contributed by atoms with Crippen LogP contribution in [-0.4, -0.2) is 39.9 Å². The zero-order valence-corrected chi connectivity index (χ0v) is 14.0. The fourth-order valence-corrected chi connectivity index (χ4v) is 3.19. The van der Waals surface area contributed by atoms with Crippen LogP contribution in [0.2, 0.25) is 5.02 Å². The summed E-state index contributed by atoms with van der Waals surface area (Å²) in [6.45, 7) is 11.8. The summed E-state index contributed by atoms with van der Waals surface area (Å²) >= 11 is 6.40. The van der Waals surface area contributed by atoms with Crippen molar-refractivity contribution < 1.29 is 0 Å². The summed E-state index contributed by atoms with van der Waals surface area (Å²) in [4.78, 5) is 2.56. The predicted molar refractivity (Wildman–Crippen MR) is 84.1 cm³/mol. The minimum atomic E-state index is 0.561. The average molecular weight is 299 g/mol. The Hall–Kier alpha value is -0.580. The Morgan fingerprint density at radius 3 is 2.65 bits per heavy atom. The Bertz CT molecular complexity index is 455. The van der Waals surface area contributed by atoms with E-state index in [0.717, 1.165) is 42.5 Å². The Balaban J connectivity index is 2.15. The van der Waals surface area contributed by atoms with Gasteiger partial charge in [-0.15, -0.1) is 0 Å². The molecule has 0 radical (unpaired) electrons. The number of nitrogens with zero attached hydrogens (tertiary/aromatic N) is 3. The molecule has 0 aliphatic carbocycles. The third kappa shape index (κ3) is 3.18. The van der Waals surface area contributed by atoms with Crippen LogP contribution in [0, 0.1) is 12.8 Å². The molecule has 0 amide bonds. The molecule has 1 aromatic rings. The highest BCUT2D eigenvalue weighted by Gasteiger charge is 2.29. The minimum Gasteiger partial charge on any atom is -0.311 e. The molecule has 2 rings (SSSR count). The van der Waals surface area contributed by atoms with Crippen LogP contribution in [0.15, 0.2) is 0 Å². The summed E-state index contributed by atoms with van der Waals surface area (Å²) in [5.74, 6) is 0.652. The molecule has 1 aliphatic rings. The van der Waals surface area contributed by atoms with Crippen molar-refractivity contribution in [1.82, 2.24) is 20.0 Å². The van der Waals surface area contributed by atoms with Gasteiger partial charge in [0.05, 0.1) is 16.4 Å². The van der Waals surface area contributed by atoms with Gasteiger partial charge in [-0.25, -0.2) is 0 Å². The second-order valence-electron chi connectivity index (χ2n) is 6.22. The first-order valence-electron chi connectivity index (χ1n) is 7.59. The van der Waals surface area contributed by atoms with Crippen LogP contribution in [0.3, 0.4) is 0 Å². The molecule has 0 spiro atoms. The van der Waals surface area contributed by atoms with Crippen molar-refractivity contribution in [3.63, 3.8) is 0 Å². The molecule has 0 saturated carbocycles. The fraction of sp³-hybridized carbons (Fsp3) is 0.800. The molecule has 1 aromatic heterocycles. The number of aromatic nitrogens is 2. The quantitative estimate of drug-likeness (QED) is 0.927. The Morgan fingerprint density at radius 1 is 1.45 bits per heavy atom. The number of rotatable bonds is 4. The number of halogens is 1. The molecule has 20 heavy (non-hydrogen) atoms. The molecule has 1 saturated heterocycles. The van der Waals surface area contributed by atoms with Gasteiger partial charge in [0.2, 0.25) is 0 Å². The maximum Gasteiger partial charge on any atom is 0.0860 e. The van der Waals surface area contributed by atoms with E-state index in [9.17, 15) is 0 Å². The maximum absolute atomic E-state index is 6.40. The van der Waals surface area contributed by atoms with Crippen molar-refractivity contribution in [3.05, 3.63) is 16.4 Å². The van der Waals surface area contributed by atoms with Crippen LogP contribution in [0.5, 0.6) is 0 Å². The fourth-order valence-electron chi connectivity index (χ4n) is 2.97. The molecule has 5 heteroatoms. The van der Waals surface area contributed by atoms with Crippen LogP contribution in [-0.2, 0) is 13.6 Å². The molecule has 4 nitrogen and oxygen atoms in total. The van der Waals surface area contributed by atoms with E-state index in [4.69, 9.17) is 11.6 Å². The highest BCUT2D eigenvalue weighted by molar-refractivity contribution is 6.31. The van der Waals surface area contributed by atoms with E-state index in [-0.39, 0.29) is 0 Å². The molecular weight excluding hydrogens is 272 g/mol. The lowest BCUT2D eigenvalue weighted by atomic mass is 9.98. The number of hydrogen-bond donors (Lipinski definition) is 1. The second-order valence-corrected chi connectivity index (χ2v) is 6.60. The van der Waals surface area contributed by atoms with Gasteiger partial charge in [0, 0.05) is 38.8 Å². The minimum absolute atomic E-state index is 0.561. The van der Waals surface area contributed by atoms with E-state index in [1.165, 1.54) is 0 Å². The molecule has 1 aliphatic heterocycles. The molecule has 114 valence electrons. The first-order valence-corrected chi connectivity index (χ1v) is 7.97. The monoisotopic (exact) mass is 298 g/mol. The van der Waals surface area contributed by atoms with Crippen molar-refractivity contribution in [1.29, 1.82) is 0 Å². The standard InChI is InChI=1S/C15H27ClN4/c1-6-12-7-17-13(10(2)3)8-20(12)9-14-15(16)11(4)18-19(14)5/h10,12-13,17H,6-9H2,1-5H3. The van der Waals surface area contributed by atoms with Crippen molar-refractivity contribution in [2.24, 2.45) is 13.0 Å². The van der Waals surface area contributed by atoms with E-state index in [1.807, 2.05) is 18.7 Å². The van der Waals surface area contributed by atoms with E-state index in [1.54, 1.807) is 0 Å². The third-order valence-electron chi connectivity index (χ3n) is 4.45. The van der Waals surface area contributed by atoms with Crippen LogP contribution in [0.25, 0.3) is 0 Å². The number of nitrogens with one attached hydrogen (secondary N) is 1. The smallest absolute Gasteiger partial charge is 0.0860 e. The first-order chi connectivity index (χ1) is 9.43. The van der Waals surface area contributed by atoms with Crippen LogP contribution in [0.1, 0.15) is 38.6 Å². The van der Waals surface area contributed by atoms with Gasteiger partial charge in [-0.2, -0.15) is 5.10 Å². The molecule has 0 bridgehead atoms. The van der Waals surface area contributed by atoms with Gasteiger partial charge in [0.1, 0.15) is 0 Å². The molecule has 2 heterocycles. The topological polar surface area (TPSA) is 33.1 Å². The summed E-state index contributed by atoms with van der Waals surface area (Å²) in [5, 5.41) is 8.92. The lowest BCUT2D eigenvalue weighted by Gasteiger charge is -2.41. The lowest BCUT2D eigenvalue weighted by molar-refractivity contribution is 0.101. The van der Waals surface area contributed by atoms with Crippen LogP contribution < -0.4 is 5.32 Å². The molecule has 1 fully saturated rings. The van der Waals surface area contributed by atoms with E-state index >= 15 is 0 Å². The summed E-state index contributed by atoms with van der Waals surface area (Å²) < 4.78 is 1.93. The molecule has 2 atom stereocenters.